The van der Waals surface area contributed by atoms with Crippen molar-refractivity contribution in [3.05, 3.63) is 48.0 Å². The Hall–Kier alpha value is -1.06. The maximum atomic E-state index is 5.99. The van der Waals surface area contributed by atoms with Crippen molar-refractivity contribution in [2.45, 2.75) is 116 Å². The topological polar surface area (TPSA) is 18.5 Å². The van der Waals surface area contributed by atoms with Gasteiger partial charge in [0.15, 0.2) is 0 Å². The summed E-state index contributed by atoms with van der Waals surface area (Å²) < 4.78 is 11.9. The van der Waals surface area contributed by atoms with Gasteiger partial charge in [0, 0.05) is 6.61 Å². The molecule has 0 heterocycles. The summed E-state index contributed by atoms with van der Waals surface area (Å²) in [6.45, 7) is 6.90. The molecule has 0 aliphatic rings. The minimum atomic E-state index is 0.198. The molecule has 0 radical (unpaired) electrons. The summed E-state index contributed by atoms with van der Waals surface area (Å²) in [4.78, 5) is 0. The molecule has 1 rings (SSSR count). The Morgan fingerprint density at radius 1 is 0.875 bits per heavy atom. The van der Waals surface area contributed by atoms with Gasteiger partial charge < -0.3 is 9.47 Å². The van der Waals surface area contributed by atoms with Crippen LogP contribution in [0.15, 0.2) is 42.5 Å². The number of hydrogen-bond acceptors (Lipinski definition) is 2. The van der Waals surface area contributed by atoms with Crippen LogP contribution in [0.2, 0.25) is 6.32 Å². The molecule has 0 N–H and O–H groups in total. The molecule has 32 heavy (non-hydrogen) atoms. The highest BCUT2D eigenvalue weighted by molar-refractivity contribution is 6.08. The number of allylic oxidation sites excluding steroid dienone is 2. The quantitative estimate of drug-likeness (QED) is 0.103. The summed E-state index contributed by atoms with van der Waals surface area (Å²) in [5.74, 6) is 0.725. The molecule has 0 spiro atoms. The van der Waals surface area contributed by atoms with Crippen LogP contribution in [0.4, 0.5) is 0 Å². The zero-order valence-electron chi connectivity index (χ0n) is 21.5. The summed E-state index contributed by atoms with van der Waals surface area (Å²) in [6, 6.07) is 10.4. The van der Waals surface area contributed by atoms with Gasteiger partial charge in [-0.2, -0.15) is 0 Å². The third-order valence-electron chi connectivity index (χ3n) is 6.22. The zero-order chi connectivity index (χ0) is 23.1. The molecule has 3 heteroatoms. The molecule has 0 aromatic heterocycles. The highest BCUT2D eigenvalue weighted by Crippen LogP contribution is 2.14. The number of hydrogen-bond donors (Lipinski definition) is 0. The molecule has 0 aliphatic heterocycles. The van der Waals surface area contributed by atoms with E-state index in [2.05, 4.69) is 58.1 Å². The van der Waals surface area contributed by atoms with Crippen molar-refractivity contribution < 1.29 is 9.47 Å². The first-order chi connectivity index (χ1) is 15.8. The molecule has 2 unspecified atom stereocenters. The first kappa shape index (κ1) is 29.0. The fourth-order valence-electron chi connectivity index (χ4n) is 3.95. The Morgan fingerprint density at radius 3 is 2.31 bits per heavy atom. The van der Waals surface area contributed by atoms with Crippen molar-refractivity contribution in [1.29, 1.82) is 0 Å². The van der Waals surface area contributed by atoms with Gasteiger partial charge in [0.05, 0.1) is 19.3 Å². The van der Waals surface area contributed by atoms with Crippen LogP contribution < -0.4 is 0 Å². The highest BCUT2D eigenvalue weighted by Gasteiger charge is 2.07. The van der Waals surface area contributed by atoms with Gasteiger partial charge >= 0.3 is 0 Å². The fourth-order valence-corrected chi connectivity index (χ4v) is 3.95. The Bertz CT molecular complexity index is 531. The Kier molecular flexibility index (Phi) is 19.7. The highest BCUT2D eigenvalue weighted by atomic mass is 16.5. The smallest absolute Gasteiger partial charge is 0.104 e. The van der Waals surface area contributed by atoms with Crippen molar-refractivity contribution in [2.75, 3.05) is 13.2 Å². The molecule has 0 bridgehead atoms. The van der Waals surface area contributed by atoms with Crippen LogP contribution in [0.1, 0.15) is 103 Å². The first-order valence-electron chi connectivity index (χ1n) is 13.7. The molecule has 1 aromatic rings. The molecular weight excluding hydrogens is 391 g/mol. The van der Waals surface area contributed by atoms with Gasteiger partial charge in [-0.25, -0.2) is 0 Å². The van der Waals surface area contributed by atoms with Crippen molar-refractivity contribution in [1.82, 2.24) is 0 Å². The van der Waals surface area contributed by atoms with Gasteiger partial charge in [-0.3, -0.25) is 0 Å². The van der Waals surface area contributed by atoms with E-state index in [1.165, 1.54) is 82.6 Å². The molecule has 1 aromatic carbocycles. The summed E-state index contributed by atoms with van der Waals surface area (Å²) in [6.07, 6.45) is 23.6. The van der Waals surface area contributed by atoms with Gasteiger partial charge in [0.2, 0.25) is 0 Å². The lowest BCUT2D eigenvalue weighted by Crippen LogP contribution is -2.19. The number of unbranched alkanes of at least 4 members (excludes halogenated alkanes) is 10. The van der Waals surface area contributed by atoms with Crippen LogP contribution in [-0.4, -0.2) is 27.2 Å². The average molecular weight is 443 g/mol. The maximum absolute atomic E-state index is 5.99. The number of rotatable bonds is 22. The molecule has 2 nitrogen and oxygen atoms in total. The molecule has 0 amide bonds. The lowest BCUT2D eigenvalue weighted by Gasteiger charge is -2.16. The largest absolute Gasteiger partial charge is 0.379 e. The minimum Gasteiger partial charge on any atom is -0.379 e. The van der Waals surface area contributed by atoms with Gasteiger partial charge in [-0.15, -0.1) is 0 Å². The van der Waals surface area contributed by atoms with Crippen molar-refractivity contribution in [2.24, 2.45) is 5.92 Å². The maximum Gasteiger partial charge on any atom is 0.104 e. The van der Waals surface area contributed by atoms with Crippen LogP contribution in [0.25, 0.3) is 0 Å². The lowest BCUT2D eigenvalue weighted by molar-refractivity contribution is -0.0151. The monoisotopic (exact) mass is 442 g/mol. The van der Waals surface area contributed by atoms with Gasteiger partial charge in [0.1, 0.15) is 7.85 Å². The Morgan fingerprint density at radius 2 is 1.56 bits per heavy atom. The first-order valence-corrected chi connectivity index (χ1v) is 13.7. The van der Waals surface area contributed by atoms with E-state index in [0.717, 1.165) is 25.3 Å². The van der Waals surface area contributed by atoms with E-state index in [0.29, 0.717) is 13.2 Å². The van der Waals surface area contributed by atoms with Crippen LogP contribution in [0.3, 0.4) is 0 Å². The SMILES string of the molecule is BCC(COCCCCCCC(C)/C=C/CCCCCCCCC)OCc1ccccc1. The number of benzene rings is 1. The van der Waals surface area contributed by atoms with Gasteiger partial charge in [-0.05, 0) is 37.2 Å². The third-order valence-corrected chi connectivity index (χ3v) is 6.22. The zero-order valence-corrected chi connectivity index (χ0v) is 21.5. The summed E-state index contributed by atoms with van der Waals surface area (Å²) in [7, 11) is 2.17. The fraction of sp³-hybridized carbons (Fsp3) is 0.724. The third kappa shape index (κ3) is 17.5. The molecule has 0 fully saturated rings. The molecule has 0 aliphatic carbocycles. The Labute approximate surface area is 201 Å². The predicted molar refractivity (Wildman–Crippen MR) is 143 cm³/mol. The van der Waals surface area contributed by atoms with Gasteiger partial charge in [0.25, 0.3) is 0 Å². The van der Waals surface area contributed by atoms with E-state index >= 15 is 0 Å². The van der Waals surface area contributed by atoms with E-state index in [1.54, 1.807) is 0 Å². The van der Waals surface area contributed by atoms with Crippen LogP contribution in [-0.2, 0) is 16.1 Å². The van der Waals surface area contributed by atoms with E-state index in [4.69, 9.17) is 9.47 Å². The van der Waals surface area contributed by atoms with Crippen molar-refractivity contribution in [3.63, 3.8) is 0 Å². The second kappa shape index (κ2) is 21.8. The molecule has 2 atom stereocenters. The average Bonchev–Trinajstić information content (AvgIpc) is 2.82. The summed E-state index contributed by atoms with van der Waals surface area (Å²) in [5, 5.41) is 0. The normalized spacial score (nSPS) is 13.6. The second-order valence-corrected chi connectivity index (χ2v) is 9.42. The van der Waals surface area contributed by atoms with E-state index in [-0.39, 0.29) is 6.10 Å². The van der Waals surface area contributed by atoms with Gasteiger partial charge in [-0.1, -0.05) is 120 Å². The van der Waals surface area contributed by atoms with Crippen molar-refractivity contribution >= 4 is 7.85 Å². The molecular formula is C29H51BO2. The van der Waals surface area contributed by atoms with E-state index in [9.17, 15) is 0 Å². The van der Waals surface area contributed by atoms with Crippen LogP contribution in [0.5, 0.6) is 0 Å². The molecule has 0 saturated carbocycles. The van der Waals surface area contributed by atoms with E-state index < -0.39 is 0 Å². The van der Waals surface area contributed by atoms with Crippen LogP contribution >= 0.6 is 0 Å². The molecule has 182 valence electrons. The number of ether oxygens (including phenoxy) is 2. The summed E-state index contributed by atoms with van der Waals surface area (Å²) in [5.41, 5.74) is 1.23. The Balaban J connectivity index is 1.89. The van der Waals surface area contributed by atoms with Crippen molar-refractivity contribution in [3.8, 4) is 0 Å². The summed E-state index contributed by atoms with van der Waals surface area (Å²) >= 11 is 0. The predicted octanol–water partition coefficient (Wildman–Crippen LogP) is 7.92. The van der Waals surface area contributed by atoms with E-state index in [1.807, 2.05) is 6.07 Å². The second-order valence-electron chi connectivity index (χ2n) is 9.42. The standard InChI is InChI=1S/C29H51BO2/c1-3-4-5-6-7-8-9-10-14-19-27(2)20-15-11-12-18-23-31-26-29(24-30)32-25-28-21-16-13-17-22-28/h13-14,16-17,19,21-22,27,29H,3-12,15,18,20,23-26,30H2,1-2H3/b19-14+. The van der Waals surface area contributed by atoms with Crippen LogP contribution in [0, 0.1) is 5.92 Å². The molecule has 0 saturated heterocycles. The lowest BCUT2D eigenvalue weighted by atomic mass is 10.00. The minimum absolute atomic E-state index is 0.198.